The van der Waals surface area contributed by atoms with Crippen LogP contribution in [0.2, 0.25) is 0 Å². The van der Waals surface area contributed by atoms with E-state index in [1.54, 1.807) is 0 Å². The smallest absolute Gasteiger partial charge is 0.189 e. The van der Waals surface area contributed by atoms with Gasteiger partial charge in [0, 0.05) is 19.0 Å². The number of fused-ring (bicyclic) bond motifs is 1. The Morgan fingerprint density at radius 3 is 2.85 bits per heavy atom. The zero-order valence-electron chi connectivity index (χ0n) is 11.7. The molecule has 6 nitrogen and oxygen atoms in total. The predicted octanol–water partition coefficient (Wildman–Crippen LogP) is 1.58. The van der Waals surface area contributed by atoms with Gasteiger partial charge in [0.2, 0.25) is 0 Å². The zero-order valence-corrected chi connectivity index (χ0v) is 14.0. The van der Waals surface area contributed by atoms with Crippen LogP contribution in [0.1, 0.15) is 50.2 Å². The van der Waals surface area contributed by atoms with Gasteiger partial charge in [-0.1, -0.05) is 12.8 Å². The maximum absolute atomic E-state index is 5.93. The summed E-state index contributed by atoms with van der Waals surface area (Å²) in [6.45, 7) is 1.54. The van der Waals surface area contributed by atoms with Crippen LogP contribution in [0.4, 0.5) is 0 Å². The second-order valence-corrected chi connectivity index (χ2v) is 5.47. The van der Waals surface area contributed by atoms with Crippen LogP contribution in [-0.2, 0) is 19.5 Å². The van der Waals surface area contributed by atoms with Crippen molar-refractivity contribution in [3.05, 3.63) is 11.6 Å². The average Bonchev–Trinajstić information content (AvgIpc) is 3.05. The Balaban J connectivity index is 0.00000147. The Hall–Kier alpha value is -0.860. The third-order valence-corrected chi connectivity index (χ3v) is 4.03. The average molecular weight is 390 g/mol. The van der Waals surface area contributed by atoms with Crippen LogP contribution >= 0.6 is 24.0 Å². The molecule has 1 aromatic rings. The number of aliphatic imine (C=N–C) groups is 1. The summed E-state index contributed by atoms with van der Waals surface area (Å²) < 4.78 is 2.19. The normalized spacial score (nSPS) is 19.5. The molecule has 2 heterocycles. The number of hydrogen-bond acceptors (Lipinski definition) is 3. The zero-order chi connectivity index (χ0) is 13.1. The SMILES string of the molecule is I.NC(=NCc1nnc2n1CCCC2)NC1CCCC1. The first-order valence-corrected chi connectivity index (χ1v) is 7.30. The minimum absolute atomic E-state index is 0. The number of nitrogens with one attached hydrogen (secondary N) is 1. The summed E-state index contributed by atoms with van der Waals surface area (Å²) in [5.41, 5.74) is 5.93. The topological polar surface area (TPSA) is 81.1 Å². The maximum atomic E-state index is 5.93. The molecule has 0 radical (unpaired) electrons. The lowest BCUT2D eigenvalue weighted by Gasteiger charge is -2.14. The Morgan fingerprint density at radius 1 is 1.25 bits per heavy atom. The fourth-order valence-corrected chi connectivity index (χ4v) is 2.97. The molecule has 20 heavy (non-hydrogen) atoms. The summed E-state index contributed by atoms with van der Waals surface area (Å²) >= 11 is 0. The van der Waals surface area contributed by atoms with Gasteiger partial charge in [-0.05, 0) is 25.7 Å². The largest absolute Gasteiger partial charge is 0.370 e. The molecule has 1 aliphatic heterocycles. The van der Waals surface area contributed by atoms with Gasteiger partial charge in [-0.25, -0.2) is 4.99 Å². The van der Waals surface area contributed by atoms with E-state index in [-0.39, 0.29) is 24.0 Å². The van der Waals surface area contributed by atoms with Gasteiger partial charge in [0.25, 0.3) is 0 Å². The lowest BCUT2D eigenvalue weighted by Crippen LogP contribution is -2.38. The van der Waals surface area contributed by atoms with E-state index < -0.39 is 0 Å². The van der Waals surface area contributed by atoms with Crippen LogP contribution in [0.3, 0.4) is 0 Å². The predicted molar refractivity (Wildman–Crippen MR) is 89.1 cm³/mol. The van der Waals surface area contributed by atoms with Crippen molar-refractivity contribution in [3.63, 3.8) is 0 Å². The number of hydrogen-bond donors (Lipinski definition) is 2. The first kappa shape index (κ1) is 15.5. The summed E-state index contributed by atoms with van der Waals surface area (Å²) in [4.78, 5) is 4.40. The lowest BCUT2D eigenvalue weighted by atomic mass is 10.2. The Morgan fingerprint density at radius 2 is 2.05 bits per heavy atom. The first-order chi connectivity index (χ1) is 9.33. The van der Waals surface area contributed by atoms with Gasteiger partial charge >= 0.3 is 0 Å². The van der Waals surface area contributed by atoms with Crippen molar-refractivity contribution in [1.29, 1.82) is 0 Å². The first-order valence-electron chi connectivity index (χ1n) is 7.30. The van der Waals surface area contributed by atoms with E-state index in [2.05, 4.69) is 25.1 Å². The van der Waals surface area contributed by atoms with Crippen LogP contribution in [-0.4, -0.2) is 26.8 Å². The molecule has 0 amide bonds. The Labute approximate surface area is 136 Å². The number of halogens is 1. The van der Waals surface area contributed by atoms with Crippen LogP contribution < -0.4 is 11.1 Å². The van der Waals surface area contributed by atoms with Crippen molar-refractivity contribution in [2.75, 3.05) is 0 Å². The van der Waals surface area contributed by atoms with Crippen LogP contribution in [0.15, 0.2) is 4.99 Å². The molecule has 0 spiro atoms. The minimum Gasteiger partial charge on any atom is -0.370 e. The molecule has 0 unspecified atom stereocenters. The van der Waals surface area contributed by atoms with E-state index in [1.807, 2.05) is 0 Å². The van der Waals surface area contributed by atoms with Crippen molar-refractivity contribution in [3.8, 4) is 0 Å². The molecule has 0 bridgehead atoms. The van der Waals surface area contributed by atoms with Gasteiger partial charge < -0.3 is 15.6 Å². The number of guanidine groups is 1. The van der Waals surface area contributed by atoms with Crippen molar-refractivity contribution in [2.45, 2.75) is 64.1 Å². The fourth-order valence-electron chi connectivity index (χ4n) is 2.97. The minimum atomic E-state index is 0. The lowest BCUT2D eigenvalue weighted by molar-refractivity contribution is 0.508. The molecule has 1 aromatic heterocycles. The fraction of sp³-hybridized carbons (Fsp3) is 0.769. The highest BCUT2D eigenvalue weighted by atomic mass is 127. The van der Waals surface area contributed by atoms with Gasteiger partial charge in [0.05, 0.1) is 0 Å². The number of rotatable bonds is 3. The summed E-state index contributed by atoms with van der Waals surface area (Å²) in [7, 11) is 0. The van der Waals surface area contributed by atoms with Gasteiger partial charge in [-0.3, -0.25) is 0 Å². The molecule has 1 fully saturated rings. The van der Waals surface area contributed by atoms with Crippen LogP contribution in [0, 0.1) is 0 Å². The van der Waals surface area contributed by atoms with Crippen LogP contribution in [0.5, 0.6) is 0 Å². The Kier molecular flexibility index (Phi) is 5.62. The highest BCUT2D eigenvalue weighted by Gasteiger charge is 2.16. The monoisotopic (exact) mass is 390 g/mol. The van der Waals surface area contributed by atoms with Gasteiger partial charge in [-0.15, -0.1) is 34.2 Å². The summed E-state index contributed by atoms with van der Waals surface area (Å²) in [6, 6.07) is 0.510. The van der Waals surface area contributed by atoms with Crippen molar-refractivity contribution < 1.29 is 0 Å². The quantitative estimate of drug-likeness (QED) is 0.467. The van der Waals surface area contributed by atoms with Crippen LogP contribution in [0.25, 0.3) is 0 Å². The third-order valence-electron chi connectivity index (χ3n) is 4.03. The van der Waals surface area contributed by atoms with E-state index in [0.717, 1.165) is 24.6 Å². The molecule has 1 saturated carbocycles. The standard InChI is InChI=1S/C13H22N6.HI/c14-13(16-10-5-1-2-6-10)15-9-12-18-17-11-7-3-4-8-19(11)12;/h10H,1-9H2,(H3,14,15,16);1H. The summed E-state index contributed by atoms with van der Waals surface area (Å²) in [5.74, 6) is 2.57. The molecule has 0 atom stereocenters. The number of aromatic nitrogens is 3. The molecule has 2 aliphatic rings. The molecule has 7 heteroatoms. The number of nitrogens with two attached hydrogens (primary N) is 1. The molecule has 0 saturated heterocycles. The van der Waals surface area contributed by atoms with E-state index in [9.17, 15) is 0 Å². The summed E-state index contributed by atoms with van der Waals surface area (Å²) in [6.07, 6.45) is 8.45. The highest BCUT2D eigenvalue weighted by Crippen LogP contribution is 2.17. The molecule has 1 aliphatic carbocycles. The third kappa shape index (κ3) is 3.62. The molecule has 112 valence electrons. The highest BCUT2D eigenvalue weighted by molar-refractivity contribution is 14.0. The molecular weight excluding hydrogens is 367 g/mol. The van der Waals surface area contributed by atoms with Crippen molar-refractivity contribution >= 4 is 29.9 Å². The summed E-state index contributed by atoms with van der Waals surface area (Å²) in [5, 5.41) is 11.7. The van der Waals surface area contributed by atoms with E-state index in [0.29, 0.717) is 18.5 Å². The second kappa shape index (κ2) is 7.24. The molecule has 3 rings (SSSR count). The van der Waals surface area contributed by atoms with Gasteiger partial charge in [0.1, 0.15) is 12.4 Å². The van der Waals surface area contributed by atoms with Crippen molar-refractivity contribution in [1.82, 2.24) is 20.1 Å². The van der Waals surface area contributed by atoms with Gasteiger partial charge in [0.15, 0.2) is 11.8 Å². The van der Waals surface area contributed by atoms with Crippen molar-refractivity contribution in [2.24, 2.45) is 10.7 Å². The molecular formula is C13H23IN6. The second-order valence-electron chi connectivity index (χ2n) is 5.47. The Bertz CT molecular complexity index is 463. The van der Waals surface area contributed by atoms with E-state index >= 15 is 0 Å². The van der Waals surface area contributed by atoms with E-state index in [1.165, 1.54) is 38.5 Å². The molecule has 3 N–H and O–H groups in total. The van der Waals surface area contributed by atoms with E-state index in [4.69, 9.17) is 5.73 Å². The van der Waals surface area contributed by atoms with Gasteiger partial charge in [-0.2, -0.15) is 0 Å². The number of nitrogens with zero attached hydrogens (tertiary/aromatic N) is 4. The number of aryl methyl sites for hydroxylation is 1. The molecule has 0 aromatic carbocycles. The maximum Gasteiger partial charge on any atom is 0.189 e.